The van der Waals surface area contributed by atoms with Crippen LogP contribution in [0.3, 0.4) is 0 Å². The molecule has 1 heterocycles. The molecule has 6 amide bonds. The third-order valence-corrected chi connectivity index (χ3v) is 7.88. The van der Waals surface area contributed by atoms with E-state index in [0.717, 1.165) is 0 Å². The maximum Gasteiger partial charge on any atom is 0.245 e. The summed E-state index contributed by atoms with van der Waals surface area (Å²) in [6.07, 6.45) is 1.68. The van der Waals surface area contributed by atoms with Gasteiger partial charge in [-0.3, -0.25) is 33.8 Å². The molecule has 46 heavy (non-hydrogen) atoms. The topological polar surface area (TPSA) is 250 Å². The van der Waals surface area contributed by atoms with Gasteiger partial charge in [0.2, 0.25) is 35.4 Å². The van der Waals surface area contributed by atoms with E-state index >= 15 is 0 Å². The molecule has 0 aromatic rings. The van der Waals surface area contributed by atoms with Crippen molar-refractivity contribution in [3.8, 4) is 0 Å². The smallest absolute Gasteiger partial charge is 0.245 e. The number of hydrogen-bond acceptors (Lipinski definition) is 8. The van der Waals surface area contributed by atoms with E-state index < -0.39 is 65.8 Å². The van der Waals surface area contributed by atoms with E-state index in [1.165, 1.54) is 18.7 Å². The normalized spacial score (nSPS) is 18.2. The monoisotopic (exact) mass is 653 g/mol. The lowest BCUT2D eigenvalue weighted by Crippen LogP contribution is -2.61. The van der Waals surface area contributed by atoms with Crippen LogP contribution in [-0.4, -0.2) is 107 Å². The molecule has 16 heteroatoms. The number of carbonyl (C=O) groups excluding carboxylic acids is 6. The molecular weight excluding hydrogens is 598 g/mol. The Bertz CT molecular complexity index is 1080. The maximum absolute atomic E-state index is 13.8. The van der Waals surface area contributed by atoms with Gasteiger partial charge < -0.3 is 48.1 Å². The summed E-state index contributed by atoms with van der Waals surface area (Å²) in [7, 11) is 0. The van der Waals surface area contributed by atoms with Crippen LogP contribution in [0.2, 0.25) is 0 Å². The number of aliphatic hydroxyl groups is 1. The Morgan fingerprint density at radius 2 is 1.52 bits per heavy atom. The molecule has 16 nitrogen and oxygen atoms in total. The van der Waals surface area contributed by atoms with Gasteiger partial charge in [0, 0.05) is 26.6 Å². The lowest BCUT2D eigenvalue weighted by atomic mass is 9.96. The molecule has 0 aliphatic carbocycles. The number of likely N-dealkylation sites (N-methyl/N-ethyl adjacent to an activating group) is 1. The van der Waals surface area contributed by atoms with Crippen LogP contribution in [0.25, 0.3) is 0 Å². The summed E-state index contributed by atoms with van der Waals surface area (Å²) in [6, 6.07) is -5.08. The Morgan fingerprint density at radius 1 is 0.891 bits per heavy atom. The van der Waals surface area contributed by atoms with Gasteiger partial charge in [0.15, 0.2) is 5.96 Å². The molecule has 0 aromatic carbocycles. The van der Waals surface area contributed by atoms with E-state index in [4.69, 9.17) is 11.5 Å². The maximum atomic E-state index is 13.8. The van der Waals surface area contributed by atoms with Gasteiger partial charge in [0.05, 0.1) is 6.10 Å². The molecule has 0 radical (unpaired) electrons. The fourth-order valence-corrected chi connectivity index (χ4v) is 5.22. The van der Waals surface area contributed by atoms with Crippen molar-refractivity contribution in [1.29, 1.82) is 0 Å². The molecular formula is C30H55N9O7. The summed E-state index contributed by atoms with van der Waals surface area (Å²) in [5.41, 5.74) is 10.9. The van der Waals surface area contributed by atoms with E-state index in [9.17, 15) is 33.9 Å². The zero-order chi connectivity index (χ0) is 35.0. The molecule has 0 bridgehead atoms. The molecule has 1 aliphatic rings. The SMILES string of the molecule is CCC[C@H](NC(=O)[C@@H](NC(C)=O)[C@@H](C)O)C(=O)N[C@H](C(=O)N[C@@H](CCCN=C(N)N)C(=O)N1CCC[C@H]1C(=O)NCC)[C@@H](C)CC. The predicted octanol–water partition coefficient (Wildman–Crippen LogP) is -1.65. The zero-order valence-corrected chi connectivity index (χ0v) is 28.1. The summed E-state index contributed by atoms with van der Waals surface area (Å²) in [6.45, 7) is 10.8. The second-order valence-electron chi connectivity index (χ2n) is 11.7. The van der Waals surface area contributed by atoms with Crippen molar-refractivity contribution in [2.24, 2.45) is 22.4 Å². The molecule has 1 saturated heterocycles. The van der Waals surface area contributed by atoms with Crippen molar-refractivity contribution in [3.05, 3.63) is 0 Å². The van der Waals surface area contributed by atoms with Gasteiger partial charge in [0.1, 0.15) is 30.2 Å². The molecule has 262 valence electrons. The predicted molar refractivity (Wildman–Crippen MR) is 173 cm³/mol. The average Bonchev–Trinajstić information content (AvgIpc) is 3.49. The van der Waals surface area contributed by atoms with Crippen LogP contribution in [0.1, 0.15) is 86.5 Å². The summed E-state index contributed by atoms with van der Waals surface area (Å²) < 4.78 is 0. The third-order valence-electron chi connectivity index (χ3n) is 7.88. The number of aliphatic hydroxyl groups excluding tert-OH is 1. The summed E-state index contributed by atoms with van der Waals surface area (Å²) >= 11 is 0. The molecule has 0 aromatic heterocycles. The number of nitrogens with one attached hydrogen (secondary N) is 5. The molecule has 1 fully saturated rings. The van der Waals surface area contributed by atoms with Crippen molar-refractivity contribution >= 4 is 41.4 Å². The molecule has 10 N–H and O–H groups in total. The van der Waals surface area contributed by atoms with Gasteiger partial charge >= 0.3 is 0 Å². The number of guanidine groups is 1. The molecule has 0 unspecified atom stereocenters. The standard InChI is InChI=1S/C30H55N9O7/c1-7-12-20(36-28(45)24(18(5)40)35-19(6)41)25(42)38-23(17(4)8-2)27(44)37-21(13-10-15-34-30(31)32)29(46)39-16-11-14-22(39)26(43)33-9-3/h17-18,20-24,40H,7-16H2,1-6H3,(H,33,43)(H,35,41)(H,36,45)(H,37,44)(H,38,42)(H4,31,32,34)/t17-,18+,20-,21-,22-,23-,24-/m0/s1. The highest BCUT2D eigenvalue weighted by atomic mass is 16.3. The minimum absolute atomic E-state index is 0.104. The first-order chi connectivity index (χ1) is 21.7. The number of rotatable bonds is 19. The number of amides is 6. The van der Waals surface area contributed by atoms with Crippen LogP contribution in [0.5, 0.6) is 0 Å². The average molecular weight is 654 g/mol. The summed E-state index contributed by atoms with van der Waals surface area (Å²) in [5.74, 6) is -3.65. The van der Waals surface area contributed by atoms with Gasteiger partial charge in [-0.1, -0.05) is 33.6 Å². The number of nitrogens with zero attached hydrogens (tertiary/aromatic N) is 2. The van der Waals surface area contributed by atoms with Crippen LogP contribution in [0, 0.1) is 5.92 Å². The minimum atomic E-state index is -1.28. The van der Waals surface area contributed by atoms with Crippen molar-refractivity contribution in [1.82, 2.24) is 31.5 Å². The van der Waals surface area contributed by atoms with Gasteiger partial charge in [-0.15, -0.1) is 0 Å². The summed E-state index contributed by atoms with van der Waals surface area (Å²) in [5, 5.41) is 23.3. The number of carbonyl (C=O) groups is 6. The molecule has 1 rings (SSSR count). The van der Waals surface area contributed by atoms with Gasteiger partial charge in [-0.2, -0.15) is 0 Å². The van der Waals surface area contributed by atoms with E-state index in [2.05, 4.69) is 31.6 Å². The van der Waals surface area contributed by atoms with E-state index in [1.54, 1.807) is 13.8 Å². The van der Waals surface area contributed by atoms with Gasteiger partial charge in [-0.25, -0.2) is 0 Å². The van der Waals surface area contributed by atoms with Crippen molar-refractivity contribution < 1.29 is 33.9 Å². The van der Waals surface area contributed by atoms with E-state index in [-0.39, 0.29) is 37.2 Å². The van der Waals surface area contributed by atoms with Crippen molar-refractivity contribution in [3.63, 3.8) is 0 Å². The fraction of sp³-hybridized carbons (Fsp3) is 0.767. The van der Waals surface area contributed by atoms with Crippen molar-refractivity contribution in [2.45, 2.75) is 123 Å². The third kappa shape index (κ3) is 12.8. The zero-order valence-electron chi connectivity index (χ0n) is 28.1. The van der Waals surface area contributed by atoms with Crippen LogP contribution in [-0.2, 0) is 28.8 Å². The first-order valence-corrected chi connectivity index (χ1v) is 16.2. The Balaban J connectivity index is 3.23. The van der Waals surface area contributed by atoms with Gasteiger partial charge in [0.25, 0.3) is 0 Å². The Morgan fingerprint density at radius 3 is 2.07 bits per heavy atom. The first-order valence-electron chi connectivity index (χ1n) is 16.2. The quantitative estimate of drug-likeness (QED) is 0.0451. The molecule has 7 atom stereocenters. The van der Waals surface area contributed by atoms with Crippen LogP contribution in [0.15, 0.2) is 4.99 Å². The highest BCUT2D eigenvalue weighted by Gasteiger charge is 2.39. The number of nitrogens with two attached hydrogens (primary N) is 2. The van der Waals surface area contributed by atoms with Crippen LogP contribution < -0.4 is 38.1 Å². The van der Waals surface area contributed by atoms with Crippen LogP contribution in [0.4, 0.5) is 0 Å². The Kier molecular flexibility index (Phi) is 17.6. The molecule has 0 spiro atoms. The number of hydrogen-bond donors (Lipinski definition) is 8. The van der Waals surface area contributed by atoms with Crippen LogP contribution >= 0.6 is 0 Å². The Labute approximate surface area is 271 Å². The first kappa shape index (κ1) is 40.1. The second kappa shape index (κ2) is 20.2. The Hall–Kier alpha value is -3.95. The highest BCUT2D eigenvalue weighted by Crippen LogP contribution is 2.20. The van der Waals surface area contributed by atoms with Crippen molar-refractivity contribution in [2.75, 3.05) is 19.6 Å². The van der Waals surface area contributed by atoms with E-state index in [0.29, 0.717) is 45.2 Å². The molecule has 1 aliphatic heterocycles. The van der Waals surface area contributed by atoms with Gasteiger partial charge in [-0.05, 0) is 51.9 Å². The largest absolute Gasteiger partial charge is 0.391 e. The second-order valence-corrected chi connectivity index (χ2v) is 11.7. The highest BCUT2D eigenvalue weighted by molar-refractivity contribution is 5.96. The number of aliphatic imine (C=N–C) groups is 1. The fourth-order valence-electron chi connectivity index (χ4n) is 5.22. The molecule has 0 saturated carbocycles. The van der Waals surface area contributed by atoms with E-state index in [1.807, 2.05) is 13.8 Å². The number of likely N-dealkylation sites (tertiary alicyclic amines) is 1. The lowest BCUT2D eigenvalue weighted by molar-refractivity contribution is -0.142. The summed E-state index contributed by atoms with van der Waals surface area (Å²) in [4.78, 5) is 83.6. The lowest BCUT2D eigenvalue weighted by Gasteiger charge is -2.31. The minimum Gasteiger partial charge on any atom is -0.391 e.